The van der Waals surface area contributed by atoms with E-state index < -0.39 is 11.8 Å². The number of anilines is 1. The SMILES string of the molecule is COc1cc(C=NNC(=O)CC(=O)Nc2ccccc2C)cc(Br)c1OCc1ccc(Cl)cc1Cl. The summed E-state index contributed by atoms with van der Waals surface area (Å²) in [7, 11) is 1.51. The fraction of sp³-hybridized carbons (Fsp3) is 0.160. The van der Waals surface area contributed by atoms with Gasteiger partial charge in [0.25, 0.3) is 0 Å². The van der Waals surface area contributed by atoms with Crippen LogP contribution in [0.4, 0.5) is 5.69 Å². The zero-order valence-electron chi connectivity index (χ0n) is 18.9. The second-order valence-corrected chi connectivity index (χ2v) is 9.09. The predicted molar refractivity (Wildman–Crippen MR) is 142 cm³/mol. The van der Waals surface area contributed by atoms with Crippen LogP contribution in [0.15, 0.2) is 64.2 Å². The maximum absolute atomic E-state index is 12.1. The lowest BCUT2D eigenvalue weighted by Gasteiger charge is -2.14. The molecule has 0 radical (unpaired) electrons. The van der Waals surface area contributed by atoms with Crippen molar-refractivity contribution < 1.29 is 19.1 Å². The Labute approximate surface area is 221 Å². The van der Waals surface area contributed by atoms with Gasteiger partial charge in [-0.05, 0) is 64.3 Å². The molecule has 0 aliphatic rings. The molecule has 2 N–H and O–H groups in total. The van der Waals surface area contributed by atoms with Gasteiger partial charge in [0.15, 0.2) is 11.5 Å². The van der Waals surface area contributed by atoms with Crippen molar-refractivity contribution in [1.29, 1.82) is 0 Å². The molecular weight excluding hydrogens is 557 g/mol. The molecule has 3 aromatic carbocycles. The van der Waals surface area contributed by atoms with Gasteiger partial charge in [0.05, 0.1) is 17.8 Å². The van der Waals surface area contributed by atoms with Gasteiger partial charge in [0.2, 0.25) is 11.8 Å². The summed E-state index contributed by atoms with van der Waals surface area (Å²) in [6, 6.07) is 15.9. The van der Waals surface area contributed by atoms with Gasteiger partial charge in [-0.25, -0.2) is 5.43 Å². The molecule has 0 unspecified atom stereocenters. The van der Waals surface area contributed by atoms with Gasteiger partial charge >= 0.3 is 0 Å². The Balaban J connectivity index is 1.59. The molecule has 182 valence electrons. The van der Waals surface area contributed by atoms with Gasteiger partial charge in [0, 0.05) is 21.3 Å². The van der Waals surface area contributed by atoms with E-state index in [1.165, 1.54) is 13.3 Å². The second kappa shape index (κ2) is 12.6. The summed E-state index contributed by atoms with van der Waals surface area (Å²) in [4.78, 5) is 24.2. The van der Waals surface area contributed by atoms with E-state index in [0.717, 1.165) is 11.1 Å². The van der Waals surface area contributed by atoms with E-state index in [0.29, 0.717) is 37.3 Å². The Morgan fingerprint density at radius 2 is 1.86 bits per heavy atom. The van der Waals surface area contributed by atoms with Crippen molar-refractivity contribution in [2.45, 2.75) is 20.0 Å². The summed E-state index contributed by atoms with van der Waals surface area (Å²) in [5.41, 5.74) is 5.31. The summed E-state index contributed by atoms with van der Waals surface area (Å²) in [5.74, 6) is -0.0423. The normalized spacial score (nSPS) is 10.8. The van der Waals surface area contributed by atoms with E-state index in [4.69, 9.17) is 32.7 Å². The minimum atomic E-state index is -0.543. The fourth-order valence-electron chi connectivity index (χ4n) is 3.01. The van der Waals surface area contributed by atoms with Crippen LogP contribution >= 0.6 is 39.1 Å². The minimum Gasteiger partial charge on any atom is -0.493 e. The van der Waals surface area contributed by atoms with Crippen LogP contribution in [-0.4, -0.2) is 25.1 Å². The molecule has 0 atom stereocenters. The first-order valence-electron chi connectivity index (χ1n) is 10.4. The lowest BCUT2D eigenvalue weighted by atomic mass is 10.2. The lowest BCUT2D eigenvalue weighted by Crippen LogP contribution is -2.24. The number of ether oxygens (including phenoxy) is 2. The van der Waals surface area contributed by atoms with Gasteiger partial charge in [-0.1, -0.05) is 47.5 Å². The van der Waals surface area contributed by atoms with Crippen LogP contribution in [0.5, 0.6) is 11.5 Å². The van der Waals surface area contributed by atoms with Crippen LogP contribution in [0.1, 0.15) is 23.1 Å². The van der Waals surface area contributed by atoms with Crippen LogP contribution in [-0.2, 0) is 16.2 Å². The average molecular weight is 579 g/mol. The number of amides is 2. The van der Waals surface area contributed by atoms with E-state index in [1.807, 2.05) is 25.1 Å². The topological polar surface area (TPSA) is 89.0 Å². The summed E-state index contributed by atoms with van der Waals surface area (Å²) in [6.45, 7) is 2.08. The Kier molecular flexibility index (Phi) is 9.54. The van der Waals surface area contributed by atoms with Gasteiger partial charge in [-0.15, -0.1) is 0 Å². The van der Waals surface area contributed by atoms with Gasteiger partial charge < -0.3 is 14.8 Å². The van der Waals surface area contributed by atoms with Crippen molar-refractivity contribution in [3.63, 3.8) is 0 Å². The van der Waals surface area contributed by atoms with E-state index >= 15 is 0 Å². The molecule has 0 fully saturated rings. The number of benzene rings is 3. The molecule has 10 heteroatoms. The number of carbonyl (C=O) groups is 2. The van der Waals surface area contributed by atoms with Crippen molar-refractivity contribution >= 4 is 62.8 Å². The number of hydrogen-bond donors (Lipinski definition) is 2. The molecule has 0 aromatic heterocycles. The first-order valence-corrected chi connectivity index (χ1v) is 11.9. The number of para-hydroxylation sites is 1. The van der Waals surface area contributed by atoms with Crippen molar-refractivity contribution in [3.8, 4) is 11.5 Å². The van der Waals surface area contributed by atoms with Crippen molar-refractivity contribution in [3.05, 3.63) is 85.8 Å². The molecular formula is C25H22BrCl2N3O4. The summed E-state index contributed by atoms with van der Waals surface area (Å²) >= 11 is 15.6. The maximum Gasteiger partial charge on any atom is 0.249 e. The zero-order valence-corrected chi connectivity index (χ0v) is 22.0. The third kappa shape index (κ3) is 7.71. The molecule has 3 rings (SSSR count). The highest BCUT2D eigenvalue weighted by Crippen LogP contribution is 2.37. The van der Waals surface area contributed by atoms with Crippen LogP contribution in [0.25, 0.3) is 0 Å². The number of carbonyl (C=O) groups excluding carboxylic acids is 2. The fourth-order valence-corrected chi connectivity index (χ4v) is 4.05. The number of hydrazone groups is 1. The van der Waals surface area contributed by atoms with Gasteiger partial charge in [-0.3, -0.25) is 9.59 Å². The lowest BCUT2D eigenvalue weighted by molar-refractivity contribution is -0.126. The molecule has 0 heterocycles. The van der Waals surface area contributed by atoms with Crippen molar-refractivity contribution in [2.24, 2.45) is 5.10 Å². The van der Waals surface area contributed by atoms with E-state index in [9.17, 15) is 9.59 Å². The molecule has 35 heavy (non-hydrogen) atoms. The van der Waals surface area contributed by atoms with Gasteiger partial charge in [-0.2, -0.15) is 5.10 Å². The smallest absolute Gasteiger partial charge is 0.249 e. The Morgan fingerprint density at radius 1 is 1.09 bits per heavy atom. The molecule has 0 aliphatic heterocycles. The van der Waals surface area contributed by atoms with E-state index in [1.54, 1.807) is 36.4 Å². The molecule has 2 amide bonds. The number of nitrogens with zero attached hydrogens (tertiary/aromatic N) is 1. The molecule has 0 saturated heterocycles. The number of nitrogens with one attached hydrogen (secondary N) is 2. The highest BCUT2D eigenvalue weighted by Gasteiger charge is 2.13. The monoisotopic (exact) mass is 577 g/mol. The molecule has 0 bridgehead atoms. The largest absolute Gasteiger partial charge is 0.493 e. The van der Waals surface area contributed by atoms with Crippen LogP contribution < -0.4 is 20.2 Å². The Morgan fingerprint density at radius 3 is 2.57 bits per heavy atom. The third-order valence-electron chi connectivity index (χ3n) is 4.78. The number of rotatable bonds is 9. The van der Waals surface area contributed by atoms with Crippen molar-refractivity contribution in [1.82, 2.24) is 5.43 Å². The van der Waals surface area contributed by atoms with Gasteiger partial charge in [0.1, 0.15) is 13.0 Å². The Hall–Kier alpha value is -3.07. The minimum absolute atomic E-state index is 0.207. The summed E-state index contributed by atoms with van der Waals surface area (Å²) in [6.07, 6.45) is 1.07. The van der Waals surface area contributed by atoms with Crippen LogP contribution in [0.2, 0.25) is 10.0 Å². The number of methoxy groups -OCH3 is 1. The second-order valence-electron chi connectivity index (χ2n) is 7.39. The average Bonchev–Trinajstić information content (AvgIpc) is 2.80. The highest BCUT2D eigenvalue weighted by atomic mass is 79.9. The zero-order chi connectivity index (χ0) is 25.4. The quantitative estimate of drug-likeness (QED) is 0.181. The maximum atomic E-state index is 12.1. The third-order valence-corrected chi connectivity index (χ3v) is 5.96. The van der Waals surface area contributed by atoms with Crippen LogP contribution in [0.3, 0.4) is 0 Å². The number of aryl methyl sites for hydroxylation is 1. The summed E-state index contributed by atoms with van der Waals surface area (Å²) < 4.78 is 12.0. The first kappa shape index (κ1) is 26.5. The van der Waals surface area contributed by atoms with Crippen molar-refractivity contribution in [2.75, 3.05) is 12.4 Å². The predicted octanol–water partition coefficient (Wildman–Crippen LogP) is 6.13. The van der Waals surface area contributed by atoms with E-state index in [-0.39, 0.29) is 13.0 Å². The highest BCUT2D eigenvalue weighted by molar-refractivity contribution is 9.10. The van der Waals surface area contributed by atoms with Crippen LogP contribution in [0, 0.1) is 6.92 Å². The first-order chi connectivity index (χ1) is 16.8. The molecule has 0 saturated carbocycles. The molecule has 0 spiro atoms. The standard InChI is InChI=1S/C25H22BrCl2N3O4/c1-15-5-3-4-6-21(15)30-23(32)12-24(33)31-29-13-16-9-19(26)25(22(10-16)34-2)35-14-17-7-8-18(27)11-20(17)28/h3-11,13H,12,14H2,1-2H3,(H,30,32)(H,31,33). The molecule has 7 nitrogen and oxygen atoms in total. The number of hydrogen-bond acceptors (Lipinski definition) is 5. The Bertz CT molecular complexity index is 1270. The van der Waals surface area contributed by atoms with E-state index in [2.05, 4.69) is 31.8 Å². The molecule has 3 aromatic rings. The molecule has 0 aliphatic carbocycles. The number of halogens is 3. The summed E-state index contributed by atoms with van der Waals surface area (Å²) in [5, 5.41) is 7.67.